The molecule has 0 radical (unpaired) electrons. The number of hydrogen-bond acceptors (Lipinski definition) is 1. The standard InChI is InChI=1S/C13H14O2/c1-7-4-5-8(2)12-10(13(14)15)6-9(3)11(7)12/h4-6,9H,1-3H3,(H,14,15). The van der Waals surface area contributed by atoms with Gasteiger partial charge in [-0.15, -0.1) is 0 Å². The van der Waals surface area contributed by atoms with Crippen molar-refractivity contribution in [2.75, 3.05) is 0 Å². The quantitative estimate of drug-likeness (QED) is 0.760. The smallest absolute Gasteiger partial charge is 0.336 e. The molecule has 15 heavy (non-hydrogen) atoms. The molecule has 78 valence electrons. The van der Waals surface area contributed by atoms with Crippen LogP contribution in [0.2, 0.25) is 0 Å². The zero-order chi connectivity index (χ0) is 11.2. The number of benzene rings is 1. The molecule has 0 saturated heterocycles. The molecule has 0 aliphatic heterocycles. The number of rotatable bonds is 1. The van der Waals surface area contributed by atoms with Gasteiger partial charge < -0.3 is 5.11 Å². The molecular formula is C13H14O2. The van der Waals surface area contributed by atoms with Crippen LogP contribution < -0.4 is 0 Å². The van der Waals surface area contributed by atoms with Gasteiger partial charge >= 0.3 is 5.97 Å². The van der Waals surface area contributed by atoms with Crippen LogP contribution in [0.25, 0.3) is 5.57 Å². The predicted molar refractivity (Wildman–Crippen MR) is 59.9 cm³/mol. The third-order valence-corrected chi connectivity index (χ3v) is 3.04. The Bertz CT molecular complexity index is 470. The van der Waals surface area contributed by atoms with Crippen molar-refractivity contribution in [3.05, 3.63) is 40.5 Å². The van der Waals surface area contributed by atoms with E-state index in [1.165, 1.54) is 11.1 Å². The third kappa shape index (κ3) is 1.37. The summed E-state index contributed by atoms with van der Waals surface area (Å²) < 4.78 is 0. The minimum Gasteiger partial charge on any atom is -0.478 e. The normalized spacial score (nSPS) is 18.6. The molecule has 0 fully saturated rings. The van der Waals surface area contributed by atoms with Crippen LogP contribution in [-0.2, 0) is 4.79 Å². The van der Waals surface area contributed by atoms with E-state index in [0.717, 1.165) is 11.1 Å². The highest BCUT2D eigenvalue weighted by Crippen LogP contribution is 2.39. The monoisotopic (exact) mass is 202 g/mol. The van der Waals surface area contributed by atoms with Crippen LogP contribution in [0, 0.1) is 13.8 Å². The molecule has 0 heterocycles. The Morgan fingerprint density at radius 3 is 2.47 bits per heavy atom. The molecule has 1 unspecified atom stereocenters. The van der Waals surface area contributed by atoms with E-state index >= 15 is 0 Å². The lowest BCUT2D eigenvalue weighted by molar-refractivity contribution is -0.130. The Kier molecular flexibility index (Phi) is 2.14. The highest BCUT2D eigenvalue weighted by molar-refractivity contribution is 6.18. The van der Waals surface area contributed by atoms with Gasteiger partial charge in [0.15, 0.2) is 0 Å². The van der Waals surface area contributed by atoms with Gasteiger partial charge in [0, 0.05) is 5.92 Å². The van der Waals surface area contributed by atoms with Crippen molar-refractivity contribution < 1.29 is 9.90 Å². The lowest BCUT2D eigenvalue weighted by atomic mass is 9.93. The minimum absolute atomic E-state index is 0.214. The molecule has 2 nitrogen and oxygen atoms in total. The van der Waals surface area contributed by atoms with Crippen LogP contribution in [-0.4, -0.2) is 11.1 Å². The van der Waals surface area contributed by atoms with E-state index in [9.17, 15) is 4.79 Å². The number of aryl methyl sites for hydroxylation is 2. The molecule has 1 aromatic rings. The topological polar surface area (TPSA) is 37.3 Å². The zero-order valence-electron chi connectivity index (χ0n) is 9.16. The summed E-state index contributed by atoms with van der Waals surface area (Å²) in [5.74, 6) is -0.611. The van der Waals surface area contributed by atoms with Crippen molar-refractivity contribution in [2.45, 2.75) is 26.7 Å². The van der Waals surface area contributed by atoms with Gasteiger partial charge in [-0.1, -0.05) is 25.1 Å². The van der Waals surface area contributed by atoms with Crippen LogP contribution in [0.15, 0.2) is 18.2 Å². The maximum absolute atomic E-state index is 11.1. The second-order valence-corrected chi connectivity index (χ2v) is 4.16. The van der Waals surface area contributed by atoms with E-state index in [1.807, 2.05) is 32.9 Å². The first-order valence-electron chi connectivity index (χ1n) is 5.08. The van der Waals surface area contributed by atoms with Crippen molar-refractivity contribution >= 4 is 11.5 Å². The molecule has 1 N–H and O–H groups in total. The van der Waals surface area contributed by atoms with Crippen molar-refractivity contribution in [1.29, 1.82) is 0 Å². The summed E-state index contributed by atoms with van der Waals surface area (Å²) in [5.41, 5.74) is 4.78. The average Bonchev–Trinajstić information content (AvgIpc) is 2.51. The van der Waals surface area contributed by atoms with Crippen LogP contribution in [0.3, 0.4) is 0 Å². The fourth-order valence-corrected chi connectivity index (χ4v) is 2.37. The first kappa shape index (κ1) is 9.97. The van der Waals surface area contributed by atoms with Gasteiger partial charge in [-0.2, -0.15) is 0 Å². The molecule has 1 atom stereocenters. The van der Waals surface area contributed by atoms with E-state index in [4.69, 9.17) is 5.11 Å². The van der Waals surface area contributed by atoms with Gasteiger partial charge in [-0.3, -0.25) is 0 Å². The molecule has 2 heteroatoms. The first-order valence-corrected chi connectivity index (χ1v) is 5.08. The van der Waals surface area contributed by atoms with E-state index in [0.29, 0.717) is 5.57 Å². The summed E-state index contributed by atoms with van der Waals surface area (Å²) in [6, 6.07) is 4.05. The number of carboxylic acids is 1. The molecule has 2 rings (SSSR count). The Hall–Kier alpha value is -1.57. The minimum atomic E-state index is -0.825. The molecule has 1 aromatic carbocycles. The Morgan fingerprint density at radius 2 is 1.87 bits per heavy atom. The summed E-state index contributed by atoms with van der Waals surface area (Å²) in [4.78, 5) is 11.1. The predicted octanol–water partition coefficient (Wildman–Crippen LogP) is 2.89. The summed E-state index contributed by atoms with van der Waals surface area (Å²) in [5, 5.41) is 9.12. The van der Waals surface area contributed by atoms with E-state index in [2.05, 4.69) is 6.07 Å². The number of carboxylic acid groups (broad SMARTS) is 1. The molecule has 1 aliphatic rings. The van der Waals surface area contributed by atoms with Crippen molar-refractivity contribution in [3.8, 4) is 0 Å². The number of allylic oxidation sites excluding steroid dienone is 1. The van der Waals surface area contributed by atoms with E-state index in [-0.39, 0.29) is 5.92 Å². The third-order valence-electron chi connectivity index (χ3n) is 3.04. The number of aliphatic carboxylic acids is 1. The average molecular weight is 202 g/mol. The van der Waals surface area contributed by atoms with Gasteiger partial charge in [0.25, 0.3) is 0 Å². The van der Waals surface area contributed by atoms with Gasteiger partial charge in [0.1, 0.15) is 0 Å². The Morgan fingerprint density at radius 1 is 1.27 bits per heavy atom. The molecule has 0 amide bonds. The van der Waals surface area contributed by atoms with Crippen LogP contribution in [0.5, 0.6) is 0 Å². The SMILES string of the molecule is Cc1ccc(C)c2c1C(C(=O)O)=CC2C. The van der Waals surface area contributed by atoms with Crippen molar-refractivity contribution in [3.63, 3.8) is 0 Å². The number of hydrogen-bond donors (Lipinski definition) is 1. The molecule has 0 spiro atoms. The highest BCUT2D eigenvalue weighted by Gasteiger charge is 2.27. The molecule has 1 aliphatic carbocycles. The molecule has 0 saturated carbocycles. The molecular weight excluding hydrogens is 188 g/mol. The zero-order valence-corrected chi connectivity index (χ0v) is 9.16. The fraction of sp³-hybridized carbons (Fsp3) is 0.308. The summed E-state index contributed by atoms with van der Waals surface area (Å²) in [6.07, 6.45) is 1.84. The Labute approximate surface area is 89.2 Å². The van der Waals surface area contributed by atoms with Crippen molar-refractivity contribution in [2.24, 2.45) is 0 Å². The van der Waals surface area contributed by atoms with Crippen molar-refractivity contribution in [1.82, 2.24) is 0 Å². The summed E-state index contributed by atoms with van der Waals surface area (Å²) >= 11 is 0. The largest absolute Gasteiger partial charge is 0.478 e. The number of carbonyl (C=O) groups is 1. The second kappa shape index (κ2) is 3.23. The van der Waals surface area contributed by atoms with Gasteiger partial charge in [-0.25, -0.2) is 4.79 Å². The second-order valence-electron chi connectivity index (χ2n) is 4.16. The summed E-state index contributed by atoms with van der Waals surface area (Å²) in [6.45, 7) is 6.04. The van der Waals surface area contributed by atoms with Gasteiger partial charge in [-0.05, 0) is 36.1 Å². The lowest BCUT2D eigenvalue weighted by Gasteiger charge is -2.11. The lowest BCUT2D eigenvalue weighted by Crippen LogP contribution is -2.01. The van der Waals surface area contributed by atoms with Gasteiger partial charge in [0.2, 0.25) is 0 Å². The van der Waals surface area contributed by atoms with Gasteiger partial charge in [0.05, 0.1) is 5.57 Å². The van der Waals surface area contributed by atoms with Crippen LogP contribution >= 0.6 is 0 Å². The van der Waals surface area contributed by atoms with E-state index < -0.39 is 5.97 Å². The summed E-state index contributed by atoms with van der Waals surface area (Å²) in [7, 11) is 0. The maximum Gasteiger partial charge on any atom is 0.336 e. The fourth-order valence-electron chi connectivity index (χ4n) is 2.37. The Balaban J connectivity index is 2.72. The first-order chi connectivity index (χ1) is 7.02. The molecule has 0 aromatic heterocycles. The number of fused-ring (bicyclic) bond motifs is 1. The maximum atomic E-state index is 11.1. The van der Waals surface area contributed by atoms with Crippen LogP contribution in [0.1, 0.15) is 35.1 Å². The highest BCUT2D eigenvalue weighted by atomic mass is 16.4. The molecule has 0 bridgehead atoms. The van der Waals surface area contributed by atoms with Crippen LogP contribution in [0.4, 0.5) is 0 Å². The van der Waals surface area contributed by atoms with E-state index in [1.54, 1.807) is 0 Å².